The van der Waals surface area contributed by atoms with E-state index in [1.807, 2.05) is 44.2 Å². The van der Waals surface area contributed by atoms with Crippen LogP contribution in [-0.4, -0.2) is 22.8 Å². The van der Waals surface area contributed by atoms with Crippen molar-refractivity contribution in [3.05, 3.63) is 58.6 Å². The maximum atomic E-state index is 13.6. The molecule has 5 atom stereocenters. The van der Waals surface area contributed by atoms with Crippen LogP contribution in [0.25, 0.3) is 11.1 Å². The van der Waals surface area contributed by atoms with Crippen molar-refractivity contribution in [1.29, 1.82) is 0 Å². The maximum Gasteiger partial charge on any atom is 0.154 e. The van der Waals surface area contributed by atoms with E-state index in [1.165, 1.54) is 0 Å². The van der Waals surface area contributed by atoms with Gasteiger partial charge in [-0.2, -0.15) is 0 Å². The van der Waals surface area contributed by atoms with E-state index in [4.69, 9.17) is 16.3 Å². The normalized spacial score (nSPS) is 35.4. The van der Waals surface area contributed by atoms with Gasteiger partial charge in [0.2, 0.25) is 0 Å². The van der Waals surface area contributed by atoms with Crippen LogP contribution in [0.2, 0.25) is 5.02 Å². The van der Waals surface area contributed by atoms with Crippen LogP contribution < -0.4 is 0 Å². The average molecular weight is 409 g/mol. The third-order valence-electron chi connectivity index (χ3n) is 7.43. The van der Waals surface area contributed by atoms with Crippen molar-refractivity contribution in [3.8, 4) is 11.1 Å². The zero-order valence-electron chi connectivity index (χ0n) is 17.0. The molecule has 2 aromatic rings. The Morgan fingerprint density at radius 1 is 0.931 bits per heavy atom. The van der Waals surface area contributed by atoms with Crippen molar-refractivity contribution >= 4 is 23.2 Å². The van der Waals surface area contributed by atoms with E-state index in [0.717, 1.165) is 41.5 Å². The summed E-state index contributed by atoms with van der Waals surface area (Å²) in [6.45, 7) is 6.10. The molecule has 0 N–H and O–H groups in total. The van der Waals surface area contributed by atoms with Crippen LogP contribution in [0.5, 0.6) is 0 Å². The Morgan fingerprint density at radius 3 is 2.03 bits per heavy atom. The maximum absolute atomic E-state index is 13.6. The van der Waals surface area contributed by atoms with E-state index in [9.17, 15) is 9.59 Å². The monoisotopic (exact) mass is 408 g/mol. The molecule has 1 saturated carbocycles. The molecule has 2 saturated heterocycles. The van der Waals surface area contributed by atoms with Crippen molar-refractivity contribution in [2.45, 2.75) is 57.2 Å². The molecule has 0 radical (unpaired) electrons. The van der Waals surface area contributed by atoms with Gasteiger partial charge in [0.25, 0.3) is 0 Å². The lowest BCUT2D eigenvalue weighted by molar-refractivity contribution is -0.132. The Balaban J connectivity index is 1.60. The van der Waals surface area contributed by atoms with Crippen LogP contribution in [0.4, 0.5) is 0 Å². The molecule has 5 rings (SSSR count). The highest BCUT2D eigenvalue weighted by Gasteiger charge is 2.72. The summed E-state index contributed by atoms with van der Waals surface area (Å²) in [4.78, 5) is 27.2. The van der Waals surface area contributed by atoms with Gasteiger partial charge in [-0.15, -0.1) is 0 Å². The topological polar surface area (TPSA) is 43.4 Å². The molecule has 29 heavy (non-hydrogen) atoms. The van der Waals surface area contributed by atoms with Crippen molar-refractivity contribution in [2.75, 3.05) is 0 Å². The molecule has 1 unspecified atom stereocenters. The van der Waals surface area contributed by atoms with Crippen molar-refractivity contribution in [1.82, 2.24) is 0 Å². The van der Waals surface area contributed by atoms with Gasteiger partial charge in [-0.05, 0) is 73.6 Å². The number of rotatable bonds is 3. The van der Waals surface area contributed by atoms with Crippen LogP contribution >= 0.6 is 11.6 Å². The van der Waals surface area contributed by atoms with Gasteiger partial charge in [0.1, 0.15) is 5.92 Å². The molecule has 4 heteroatoms. The lowest BCUT2D eigenvalue weighted by atomic mass is 9.69. The number of carbonyl (C=O) groups excluding carboxylic acids is 2. The Labute approximate surface area is 176 Å². The molecule has 2 aliphatic heterocycles. The van der Waals surface area contributed by atoms with Crippen LogP contribution in [0.3, 0.4) is 0 Å². The largest absolute Gasteiger partial charge is 0.368 e. The fraction of sp³-hybridized carbons (Fsp3) is 0.440. The Morgan fingerprint density at radius 2 is 1.48 bits per heavy atom. The highest BCUT2D eigenvalue weighted by Crippen LogP contribution is 2.62. The first-order valence-corrected chi connectivity index (χ1v) is 10.8. The zero-order chi connectivity index (χ0) is 20.6. The van der Waals surface area contributed by atoms with Gasteiger partial charge in [-0.1, -0.05) is 42.8 Å². The number of hydrogen-bond donors (Lipinski definition) is 0. The zero-order valence-corrected chi connectivity index (χ0v) is 17.8. The van der Waals surface area contributed by atoms with Gasteiger partial charge >= 0.3 is 0 Å². The summed E-state index contributed by atoms with van der Waals surface area (Å²) in [5, 5.41) is 0.685. The van der Waals surface area contributed by atoms with Gasteiger partial charge in [-0.25, -0.2) is 0 Å². The van der Waals surface area contributed by atoms with Gasteiger partial charge in [0.05, 0.1) is 23.0 Å². The number of Topliss-reactive ketones (excluding diaryl/α,β-unsaturated/α-hetero) is 2. The molecule has 3 nitrogen and oxygen atoms in total. The Hall–Kier alpha value is -1.97. The number of hydrogen-bond acceptors (Lipinski definition) is 3. The summed E-state index contributed by atoms with van der Waals surface area (Å²) in [7, 11) is 0. The minimum Gasteiger partial charge on any atom is -0.368 e. The van der Waals surface area contributed by atoms with Crippen LogP contribution in [-0.2, 0) is 20.7 Å². The number of aryl methyl sites for hydroxylation is 1. The van der Waals surface area contributed by atoms with E-state index < -0.39 is 17.1 Å². The number of ketones is 2. The first-order valence-electron chi connectivity index (χ1n) is 10.4. The number of carbonyl (C=O) groups is 2. The second-order valence-electron chi connectivity index (χ2n) is 9.19. The SMILES string of the molecule is CCc1ccc(-c2ccc(Cl)cc2)cc1C1C(=O)[C@@H]2[C@H](C1=O)[C@]1(C)CC[C@]2(C)O1. The molecule has 0 amide bonds. The molecule has 0 spiro atoms. The smallest absolute Gasteiger partial charge is 0.154 e. The predicted octanol–water partition coefficient (Wildman–Crippen LogP) is 5.38. The summed E-state index contributed by atoms with van der Waals surface area (Å²) < 4.78 is 6.25. The fourth-order valence-corrected chi connectivity index (χ4v) is 6.14. The Bertz CT molecular complexity index is 993. The highest BCUT2D eigenvalue weighted by atomic mass is 35.5. The molecule has 2 bridgehead atoms. The molecule has 1 aliphatic carbocycles. The summed E-state index contributed by atoms with van der Waals surface area (Å²) in [6.07, 6.45) is 2.48. The molecular formula is C25H25ClO3. The van der Waals surface area contributed by atoms with Crippen LogP contribution in [0.15, 0.2) is 42.5 Å². The molecule has 3 aliphatic rings. The lowest BCUT2D eigenvalue weighted by Gasteiger charge is -2.28. The summed E-state index contributed by atoms with van der Waals surface area (Å²) >= 11 is 6.03. The quantitative estimate of drug-likeness (QED) is 0.640. The fourth-order valence-electron chi connectivity index (χ4n) is 6.02. The summed E-state index contributed by atoms with van der Waals surface area (Å²) in [5.41, 5.74) is 2.97. The third-order valence-corrected chi connectivity index (χ3v) is 7.68. The number of halogens is 1. The number of benzene rings is 2. The number of fused-ring (bicyclic) bond motifs is 5. The van der Waals surface area contributed by atoms with Gasteiger partial charge in [0, 0.05) is 5.02 Å². The molecule has 2 aromatic carbocycles. The molecule has 150 valence electrons. The van der Waals surface area contributed by atoms with E-state index in [2.05, 4.69) is 19.1 Å². The molecule has 3 fully saturated rings. The first-order chi connectivity index (χ1) is 13.8. The van der Waals surface area contributed by atoms with Crippen LogP contribution in [0.1, 0.15) is 50.7 Å². The second kappa shape index (κ2) is 6.26. The van der Waals surface area contributed by atoms with Crippen molar-refractivity contribution in [2.24, 2.45) is 11.8 Å². The third kappa shape index (κ3) is 2.60. The van der Waals surface area contributed by atoms with E-state index >= 15 is 0 Å². The summed E-state index contributed by atoms with van der Waals surface area (Å²) in [5.74, 6) is -1.21. The molecule has 0 aromatic heterocycles. The van der Waals surface area contributed by atoms with Gasteiger partial charge in [0.15, 0.2) is 11.6 Å². The minimum atomic E-state index is -0.673. The number of ether oxygens (including phenoxy) is 1. The highest BCUT2D eigenvalue weighted by molar-refractivity contribution is 6.30. The van der Waals surface area contributed by atoms with E-state index in [-0.39, 0.29) is 23.4 Å². The lowest BCUT2D eigenvalue weighted by Crippen LogP contribution is -2.40. The summed E-state index contributed by atoms with van der Waals surface area (Å²) in [6, 6.07) is 13.8. The van der Waals surface area contributed by atoms with Crippen molar-refractivity contribution < 1.29 is 14.3 Å². The molecular weight excluding hydrogens is 384 g/mol. The standard InChI is InChI=1S/C25H25ClO3/c1-4-14-5-6-16(15-7-9-17(26)10-8-15)13-18(14)19-22(27)20-21(23(19)28)25(3)12-11-24(20,2)29-25/h5-10,13,19-21H,4,11-12H2,1-3H3/t19?,20-,21+,24-,25-/m0/s1. The average Bonchev–Trinajstić information content (AvgIpc) is 3.25. The van der Waals surface area contributed by atoms with E-state index in [0.29, 0.717) is 5.02 Å². The van der Waals surface area contributed by atoms with E-state index in [1.54, 1.807) is 0 Å². The van der Waals surface area contributed by atoms with Gasteiger partial charge in [-0.3, -0.25) is 9.59 Å². The van der Waals surface area contributed by atoms with Crippen molar-refractivity contribution in [3.63, 3.8) is 0 Å². The molecule has 2 heterocycles. The van der Waals surface area contributed by atoms with Gasteiger partial charge < -0.3 is 4.74 Å². The second-order valence-corrected chi connectivity index (χ2v) is 9.63. The minimum absolute atomic E-state index is 0.0499. The Kier molecular flexibility index (Phi) is 4.11. The predicted molar refractivity (Wildman–Crippen MR) is 113 cm³/mol. The first kappa shape index (κ1) is 19.0. The van der Waals surface area contributed by atoms with Crippen LogP contribution in [0, 0.1) is 11.8 Å².